The van der Waals surface area contributed by atoms with Crippen LogP contribution in [0.15, 0.2) is 0 Å². The third kappa shape index (κ3) is 2.58. The molecular formula is C13H26N2O. The van der Waals surface area contributed by atoms with Gasteiger partial charge in [-0.3, -0.25) is 4.90 Å². The van der Waals surface area contributed by atoms with Crippen LogP contribution in [0.5, 0.6) is 0 Å². The molecule has 94 valence electrons. The van der Waals surface area contributed by atoms with Crippen LogP contribution in [0.2, 0.25) is 0 Å². The Morgan fingerprint density at radius 2 is 2.00 bits per heavy atom. The molecule has 2 aliphatic carbocycles. The molecule has 2 saturated carbocycles. The average molecular weight is 226 g/mol. The van der Waals surface area contributed by atoms with Gasteiger partial charge >= 0.3 is 0 Å². The van der Waals surface area contributed by atoms with Gasteiger partial charge in [0.2, 0.25) is 0 Å². The molecule has 16 heavy (non-hydrogen) atoms. The van der Waals surface area contributed by atoms with Crippen molar-refractivity contribution in [2.24, 2.45) is 5.92 Å². The molecule has 0 saturated heterocycles. The van der Waals surface area contributed by atoms with Crippen molar-refractivity contribution in [3.05, 3.63) is 0 Å². The highest BCUT2D eigenvalue weighted by atomic mass is 16.3. The third-order valence-electron chi connectivity index (χ3n) is 4.20. The Hall–Kier alpha value is -0.120. The largest absolute Gasteiger partial charge is 0.394 e. The Kier molecular flexibility index (Phi) is 3.88. The molecule has 0 aromatic carbocycles. The van der Waals surface area contributed by atoms with Gasteiger partial charge in [-0.05, 0) is 51.6 Å². The molecule has 0 aromatic rings. The molecule has 0 amide bonds. The van der Waals surface area contributed by atoms with Gasteiger partial charge in [0.25, 0.3) is 0 Å². The highest BCUT2D eigenvalue weighted by Crippen LogP contribution is 2.41. The van der Waals surface area contributed by atoms with Crippen LogP contribution < -0.4 is 5.32 Å². The molecule has 0 bridgehead atoms. The number of rotatable bonds is 8. The summed E-state index contributed by atoms with van der Waals surface area (Å²) in [7, 11) is 2.01. The van der Waals surface area contributed by atoms with Crippen LogP contribution >= 0.6 is 0 Å². The minimum absolute atomic E-state index is 0.0300. The van der Waals surface area contributed by atoms with Crippen molar-refractivity contribution in [2.75, 3.05) is 26.7 Å². The minimum Gasteiger partial charge on any atom is -0.394 e. The second kappa shape index (κ2) is 5.03. The number of likely N-dealkylation sites (N-methyl/N-ethyl adjacent to an activating group) is 1. The molecule has 3 nitrogen and oxygen atoms in total. The highest BCUT2D eigenvalue weighted by molar-refractivity contribution is 5.03. The molecule has 1 unspecified atom stereocenters. The van der Waals surface area contributed by atoms with E-state index in [1.165, 1.54) is 38.6 Å². The quantitative estimate of drug-likeness (QED) is 0.653. The second-order valence-electron chi connectivity index (χ2n) is 5.54. The Balaban J connectivity index is 1.96. The Morgan fingerprint density at radius 3 is 2.38 bits per heavy atom. The van der Waals surface area contributed by atoms with Crippen LogP contribution in [0.4, 0.5) is 0 Å². The van der Waals surface area contributed by atoms with Crippen molar-refractivity contribution in [1.82, 2.24) is 10.2 Å². The summed E-state index contributed by atoms with van der Waals surface area (Å²) in [6.07, 6.45) is 6.50. The van der Waals surface area contributed by atoms with E-state index in [4.69, 9.17) is 0 Å². The van der Waals surface area contributed by atoms with E-state index >= 15 is 0 Å². The van der Waals surface area contributed by atoms with Crippen molar-refractivity contribution in [3.8, 4) is 0 Å². The maximum absolute atomic E-state index is 9.72. The van der Waals surface area contributed by atoms with Gasteiger partial charge in [0, 0.05) is 12.6 Å². The molecule has 1 atom stereocenters. The zero-order valence-corrected chi connectivity index (χ0v) is 10.7. The van der Waals surface area contributed by atoms with Gasteiger partial charge in [0.05, 0.1) is 12.1 Å². The zero-order chi connectivity index (χ0) is 11.6. The van der Waals surface area contributed by atoms with Crippen molar-refractivity contribution in [3.63, 3.8) is 0 Å². The predicted octanol–water partition coefficient (Wildman–Crippen LogP) is 1.22. The van der Waals surface area contributed by atoms with E-state index in [1.54, 1.807) is 0 Å². The summed E-state index contributed by atoms with van der Waals surface area (Å²) >= 11 is 0. The fourth-order valence-electron chi connectivity index (χ4n) is 2.79. The van der Waals surface area contributed by atoms with Gasteiger partial charge in [0.1, 0.15) is 0 Å². The van der Waals surface area contributed by atoms with Gasteiger partial charge < -0.3 is 10.4 Å². The van der Waals surface area contributed by atoms with Crippen LogP contribution in [0.25, 0.3) is 0 Å². The first kappa shape index (κ1) is 12.3. The Labute approximate surface area is 99.2 Å². The van der Waals surface area contributed by atoms with Crippen LogP contribution in [0.1, 0.15) is 39.0 Å². The van der Waals surface area contributed by atoms with E-state index in [0.717, 1.165) is 12.6 Å². The lowest BCUT2D eigenvalue weighted by atomic mass is 9.93. The average Bonchev–Trinajstić information content (AvgIpc) is 3.17. The van der Waals surface area contributed by atoms with Crippen LogP contribution in [0.3, 0.4) is 0 Å². The lowest BCUT2D eigenvalue weighted by molar-refractivity contribution is 0.0929. The zero-order valence-electron chi connectivity index (χ0n) is 10.7. The summed E-state index contributed by atoms with van der Waals surface area (Å²) in [6.45, 7) is 4.73. The number of aliphatic hydroxyl groups excluding tert-OH is 1. The first-order chi connectivity index (χ1) is 7.75. The fraction of sp³-hybridized carbons (Fsp3) is 1.00. The summed E-state index contributed by atoms with van der Waals surface area (Å²) in [5.41, 5.74) is -0.0300. The molecule has 0 spiro atoms. The van der Waals surface area contributed by atoms with E-state index in [9.17, 15) is 5.11 Å². The lowest BCUT2D eigenvalue weighted by Crippen LogP contribution is -2.57. The van der Waals surface area contributed by atoms with Crippen LogP contribution in [-0.2, 0) is 0 Å². The van der Waals surface area contributed by atoms with Crippen molar-refractivity contribution in [1.29, 1.82) is 0 Å². The number of nitrogens with one attached hydrogen (secondary N) is 1. The van der Waals surface area contributed by atoms with E-state index < -0.39 is 0 Å². The Morgan fingerprint density at radius 1 is 1.31 bits per heavy atom. The second-order valence-corrected chi connectivity index (χ2v) is 5.54. The maximum atomic E-state index is 9.72. The molecule has 0 heterocycles. The van der Waals surface area contributed by atoms with Crippen LogP contribution in [0, 0.1) is 5.92 Å². The summed E-state index contributed by atoms with van der Waals surface area (Å²) in [5, 5.41) is 13.1. The predicted molar refractivity (Wildman–Crippen MR) is 66.5 cm³/mol. The van der Waals surface area contributed by atoms with E-state index in [2.05, 4.69) is 17.1 Å². The number of aliphatic hydroxyl groups is 1. The first-order valence-electron chi connectivity index (χ1n) is 6.79. The monoisotopic (exact) mass is 226 g/mol. The van der Waals surface area contributed by atoms with Crippen molar-refractivity contribution >= 4 is 0 Å². The summed E-state index contributed by atoms with van der Waals surface area (Å²) in [4.78, 5) is 2.59. The van der Waals surface area contributed by atoms with Crippen molar-refractivity contribution in [2.45, 2.75) is 50.6 Å². The SMILES string of the molecule is CCCN(CC(CO)(NC)C1CC1)C1CC1. The molecule has 0 radical (unpaired) electrons. The summed E-state index contributed by atoms with van der Waals surface area (Å²) < 4.78 is 0. The van der Waals surface area contributed by atoms with Gasteiger partial charge in [-0.2, -0.15) is 0 Å². The number of hydrogen-bond acceptors (Lipinski definition) is 3. The molecule has 0 aromatic heterocycles. The number of hydrogen-bond donors (Lipinski definition) is 2. The fourth-order valence-corrected chi connectivity index (χ4v) is 2.79. The standard InChI is InChI=1S/C13H26N2O/c1-3-8-15(12-6-7-12)9-13(10-16,14-2)11-4-5-11/h11-12,14,16H,3-10H2,1-2H3. The summed E-state index contributed by atoms with van der Waals surface area (Å²) in [6, 6.07) is 0.804. The molecule has 2 aliphatic rings. The van der Waals surface area contributed by atoms with Crippen molar-refractivity contribution < 1.29 is 5.11 Å². The maximum Gasteiger partial charge on any atom is 0.0628 e. The van der Waals surface area contributed by atoms with Gasteiger partial charge in [-0.1, -0.05) is 6.92 Å². The molecule has 2 rings (SSSR count). The highest BCUT2D eigenvalue weighted by Gasteiger charge is 2.46. The topological polar surface area (TPSA) is 35.5 Å². The van der Waals surface area contributed by atoms with Gasteiger partial charge in [-0.25, -0.2) is 0 Å². The lowest BCUT2D eigenvalue weighted by Gasteiger charge is -2.37. The molecule has 2 fully saturated rings. The third-order valence-corrected chi connectivity index (χ3v) is 4.20. The molecular weight excluding hydrogens is 200 g/mol. The minimum atomic E-state index is -0.0300. The van der Waals surface area contributed by atoms with Gasteiger partial charge in [0.15, 0.2) is 0 Å². The van der Waals surface area contributed by atoms with E-state index in [-0.39, 0.29) is 12.1 Å². The van der Waals surface area contributed by atoms with Crippen LogP contribution in [-0.4, -0.2) is 48.3 Å². The Bertz CT molecular complexity index is 220. The van der Waals surface area contributed by atoms with E-state index in [1.807, 2.05) is 7.05 Å². The molecule has 0 aliphatic heterocycles. The van der Waals surface area contributed by atoms with E-state index in [0.29, 0.717) is 5.92 Å². The first-order valence-corrected chi connectivity index (χ1v) is 6.79. The van der Waals surface area contributed by atoms with Gasteiger partial charge in [-0.15, -0.1) is 0 Å². The normalized spacial score (nSPS) is 24.8. The number of nitrogens with zero attached hydrogens (tertiary/aromatic N) is 1. The smallest absolute Gasteiger partial charge is 0.0628 e. The summed E-state index contributed by atoms with van der Waals surface area (Å²) in [5.74, 6) is 0.695. The molecule has 3 heteroatoms. The molecule has 2 N–H and O–H groups in total.